The Bertz CT molecular complexity index is 492. The van der Waals surface area contributed by atoms with E-state index in [1.807, 2.05) is 13.8 Å². The molecule has 0 aliphatic heterocycles. The highest BCUT2D eigenvalue weighted by molar-refractivity contribution is 7.89. The number of anilines is 1. The van der Waals surface area contributed by atoms with Gasteiger partial charge in [0.05, 0.1) is 18.1 Å². The average molecular weight is 316 g/mol. The van der Waals surface area contributed by atoms with E-state index < -0.39 is 10.0 Å². The number of hydrogen-bond donors (Lipinski definition) is 1. The third-order valence-corrected chi connectivity index (χ3v) is 4.81. The smallest absolute Gasteiger partial charge is 0.243 e. The molecule has 7 heteroatoms. The predicted octanol–water partition coefficient (Wildman–Crippen LogP) is 1.33. The van der Waals surface area contributed by atoms with Gasteiger partial charge in [0.2, 0.25) is 10.0 Å². The Hall–Kier alpha value is -1.15. The predicted molar refractivity (Wildman–Crippen MR) is 82.6 cm³/mol. The second kappa shape index (κ2) is 8.99. The zero-order valence-corrected chi connectivity index (χ0v) is 13.4. The van der Waals surface area contributed by atoms with E-state index in [1.54, 1.807) is 12.1 Å². The van der Waals surface area contributed by atoms with Crippen LogP contribution in [0.15, 0.2) is 29.2 Å². The second-order valence-corrected chi connectivity index (χ2v) is 6.30. The summed E-state index contributed by atoms with van der Waals surface area (Å²) >= 11 is 0. The van der Waals surface area contributed by atoms with Gasteiger partial charge in [0, 0.05) is 32.0 Å². The molecular formula is C14H24N2O4S. The minimum Gasteiger partial charge on any atom is -0.399 e. The van der Waals surface area contributed by atoms with Crippen molar-refractivity contribution >= 4 is 15.7 Å². The Morgan fingerprint density at radius 1 is 1.00 bits per heavy atom. The number of hydrogen-bond acceptors (Lipinski definition) is 5. The average Bonchev–Trinajstić information content (AvgIpc) is 2.46. The zero-order chi connectivity index (χ0) is 15.7. The normalized spacial score (nSPS) is 12.0. The first kappa shape index (κ1) is 17.9. The van der Waals surface area contributed by atoms with Gasteiger partial charge in [-0.05, 0) is 38.1 Å². The van der Waals surface area contributed by atoms with Crippen LogP contribution in [0, 0.1) is 0 Å². The fraction of sp³-hybridized carbons (Fsp3) is 0.571. The molecule has 0 spiro atoms. The quantitative estimate of drug-likeness (QED) is 0.520. The molecule has 21 heavy (non-hydrogen) atoms. The highest BCUT2D eigenvalue weighted by atomic mass is 32.2. The fourth-order valence-corrected chi connectivity index (χ4v) is 3.17. The van der Waals surface area contributed by atoms with Crippen LogP contribution < -0.4 is 5.73 Å². The van der Waals surface area contributed by atoms with Gasteiger partial charge in [-0.3, -0.25) is 0 Å². The summed E-state index contributed by atoms with van der Waals surface area (Å²) in [5.74, 6) is 0. The van der Waals surface area contributed by atoms with Crippen molar-refractivity contribution in [2.45, 2.75) is 18.7 Å². The highest BCUT2D eigenvalue weighted by Crippen LogP contribution is 2.17. The number of nitrogens with zero attached hydrogens (tertiary/aromatic N) is 1. The first-order valence-corrected chi connectivity index (χ1v) is 8.47. The summed E-state index contributed by atoms with van der Waals surface area (Å²) in [6.45, 7) is 6.18. The van der Waals surface area contributed by atoms with Crippen LogP contribution in [0.5, 0.6) is 0 Å². The summed E-state index contributed by atoms with van der Waals surface area (Å²) in [5, 5.41) is 0. The first-order valence-electron chi connectivity index (χ1n) is 7.03. The largest absolute Gasteiger partial charge is 0.399 e. The molecule has 0 aromatic heterocycles. The summed E-state index contributed by atoms with van der Waals surface area (Å²) in [6.07, 6.45) is 0. The molecule has 1 aromatic rings. The van der Waals surface area contributed by atoms with Gasteiger partial charge >= 0.3 is 0 Å². The highest BCUT2D eigenvalue weighted by Gasteiger charge is 2.23. The van der Waals surface area contributed by atoms with Gasteiger partial charge in [-0.1, -0.05) is 0 Å². The Morgan fingerprint density at radius 2 is 1.48 bits per heavy atom. The van der Waals surface area contributed by atoms with Crippen molar-refractivity contribution in [2.24, 2.45) is 0 Å². The third-order valence-electron chi connectivity index (χ3n) is 2.90. The topological polar surface area (TPSA) is 81.9 Å². The molecular weight excluding hydrogens is 292 g/mol. The number of benzene rings is 1. The van der Waals surface area contributed by atoms with Crippen molar-refractivity contribution in [3.63, 3.8) is 0 Å². The summed E-state index contributed by atoms with van der Waals surface area (Å²) in [4.78, 5) is 0.227. The van der Waals surface area contributed by atoms with E-state index in [4.69, 9.17) is 15.2 Å². The lowest BCUT2D eigenvalue weighted by Gasteiger charge is -2.22. The maximum atomic E-state index is 12.6. The first-order chi connectivity index (χ1) is 10.0. The standard InChI is InChI=1S/C14H24N2O4S/c1-3-19-11-9-16(10-12-20-4-2)21(17,18)14-7-5-13(15)6-8-14/h5-8H,3-4,9-12,15H2,1-2H3. The number of rotatable bonds is 10. The molecule has 0 aliphatic rings. The molecule has 2 N–H and O–H groups in total. The van der Waals surface area contributed by atoms with E-state index in [2.05, 4.69) is 0 Å². The van der Waals surface area contributed by atoms with Crippen molar-refractivity contribution in [3.05, 3.63) is 24.3 Å². The Labute approximate surface area is 126 Å². The van der Waals surface area contributed by atoms with Crippen molar-refractivity contribution in [1.82, 2.24) is 4.31 Å². The van der Waals surface area contributed by atoms with E-state index >= 15 is 0 Å². The maximum Gasteiger partial charge on any atom is 0.243 e. The van der Waals surface area contributed by atoms with Gasteiger partial charge in [-0.2, -0.15) is 4.31 Å². The van der Waals surface area contributed by atoms with E-state index in [0.29, 0.717) is 45.2 Å². The molecule has 6 nitrogen and oxygen atoms in total. The summed E-state index contributed by atoms with van der Waals surface area (Å²) in [5.41, 5.74) is 6.13. The van der Waals surface area contributed by atoms with Crippen LogP contribution in [0.1, 0.15) is 13.8 Å². The van der Waals surface area contributed by atoms with Crippen LogP contribution in [-0.2, 0) is 19.5 Å². The molecule has 0 aliphatic carbocycles. The number of nitrogens with two attached hydrogens (primary N) is 1. The molecule has 120 valence electrons. The Balaban J connectivity index is 2.84. The summed E-state index contributed by atoms with van der Waals surface area (Å²) in [6, 6.07) is 6.18. The Kier molecular flexibility index (Phi) is 7.66. The van der Waals surface area contributed by atoms with Crippen LogP contribution in [0.4, 0.5) is 5.69 Å². The van der Waals surface area contributed by atoms with Crippen molar-refractivity contribution < 1.29 is 17.9 Å². The summed E-state index contributed by atoms with van der Waals surface area (Å²) < 4.78 is 37.1. The van der Waals surface area contributed by atoms with Crippen LogP contribution in [0.3, 0.4) is 0 Å². The molecule has 0 saturated heterocycles. The molecule has 0 atom stereocenters. The van der Waals surface area contributed by atoms with E-state index in [9.17, 15) is 8.42 Å². The van der Waals surface area contributed by atoms with Crippen molar-refractivity contribution in [2.75, 3.05) is 45.3 Å². The van der Waals surface area contributed by atoms with Crippen LogP contribution in [0.2, 0.25) is 0 Å². The molecule has 1 aromatic carbocycles. The number of ether oxygens (including phenoxy) is 2. The monoisotopic (exact) mass is 316 g/mol. The van der Waals surface area contributed by atoms with Gasteiger partial charge < -0.3 is 15.2 Å². The van der Waals surface area contributed by atoms with E-state index in [0.717, 1.165) is 0 Å². The van der Waals surface area contributed by atoms with Crippen molar-refractivity contribution in [3.8, 4) is 0 Å². The fourth-order valence-electron chi connectivity index (χ4n) is 1.76. The molecule has 0 unspecified atom stereocenters. The SMILES string of the molecule is CCOCCN(CCOCC)S(=O)(=O)c1ccc(N)cc1. The van der Waals surface area contributed by atoms with Crippen LogP contribution in [0.25, 0.3) is 0 Å². The maximum absolute atomic E-state index is 12.6. The molecule has 0 amide bonds. The van der Waals surface area contributed by atoms with Crippen LogP contribution >= 0.6 is 0 Å². The minimum atomic E-state index is -3.56. The molecule has 0 radical (unpaired) electrons. The van der Waals surface area contributed by atoms with Crippen molar-refractivity contribution in [1.29, 1.82) is 0 Å². The number of nitrogen functional groups attached to an aromatic ring is 1. The summed E-state index contributed by atoms with van der Waals surface area (Å²) in [7, 11) is -3.56. The lowest BCUT2D eigenvalue weighted by molar-refractivity contribution is 0.110. The molecule has 1 rings (SSSR count). The van der Waals surface area contributed by atoms with Gasteiger partial charge in [-0.25, -0.2) is 8.42 Å². The molecule has 0 heterocycles. The lowest BCUT2D eigenvalue weighted by atomic mass is 10.3. The number of sulfonamides is 1. The Morgan fingerprint density at radius 3 is 1.90 bits per heavy atom. The third kappa shape index (κ3) is 5.62. The zero-order valence-electron chi connectivity index (χ0n) is 12.6. The molecule has 0 bridgehead atoms. The van der Waals surface area contributed by atoms with Gasteiger partial charge in [-0.15, -0.1) is 0 Å². The minimum absolute atomic E-state index is 0.227. The second-order valence-electron chi connectivity index (χ2n) is 4.37. The lowest BCUT2D eigenvalue weighted by Crippen LogP contribution is -2.36. The van der Waals surface area contributed by atoms with E-state index in [-0.39, 0.29) is 4.90 Å². The molecule has 0 fully saturated rings. The van der Waals surface area contributed by atoms with Gasteiger partial charge in [0.25, 0.3) is 0 Å². The van der Waals surface area contributed by atoms with Crippen LogP contribution in [-0.4, -0.2) is 52.2 Å². The van der Waals surface area contributed by atoms with Gasteiger partial charge in [0.1, 0.15) is 0 Å². The van der Waals surface area contributed by atoms with E-state index in [1.165, 1.54) is 16.4 Å². The van der Waals surface area contributed by atoms with Gasteiger partial charge in [0.15, 0.2) is 0 Å². The molecule has 0 saturated carbocycles.